The van der Waals surface area contributed by atoms with Gasteiger partial charge in [-0.1, -0.05) is 6.92 Å². The number of carboxylic acid groups (broad SMARTS) is 1. The molecule has 3 N–H and O–H groups in total. The van der Waals surface area contributed by atoms with Crippen LogP contribution < -0.4 is 5.32 Å². The van der Waals surface area contributed by atoms with E-state index in [1.54, 1.807) is 0 Å². The first-order valence-corrected chi connectivity index (χ1v) is 6.63. The maximum Gasteiger partial charge on any atom is 0.307 e. The average molecular weight is 255 g/mol. The van der Waals surface area contributed by atoms with Crippen LogP contribution in [0.4, 0.5) is 0 Å². The van der Waals surface area contributed by atoms with E-state index in [0.717, 1.165) is 19.3 Å². The number of carbonyl (C=O) groups is 2. The zero-order valence-corrected chi connectivity index (χ0v) is 10.7. The van der Waals surface area contributed by atoms with Gasteiger partial charge in [0.1, 0.15) is 0 Å². The molecule has 0 aromatic carbocycles. The Labute approximate surface area is 107 Å². The van der Waals surface area contributed by atoms with Crippen LogP contribution in [0.25, 0.3) is 0 Å². The molecule has 0 spiro atoms. The minimum atomic E-state index is -0.883. The molecule has 0 aromatic rings. The maximum atomic E-state index is 12.2. The fourth-order valence-corrected chi connectivity index (χ4v) is 3.13. The van der Waals surface area contributed by atoms with Gasteiger partial charge in [-0.3, -0.25) is 9.59 Å². The number of rotatable bonds is 4. The maximum absolute atomic E-state index is 12.2. The molecule has 5 nitrogen and oxygen atoms in total. The molecule has 3 atom stereocenters. The summed E-state index contributed by atoms with van der Waals surface area (Å²) in [6.07, 6.45) is 3.78. The second-order valence-electron chi connectivity index (χ2n) is 5.91. The lowest BCUT2D eigenvalue weighted by Crippen LogP contribution is -2.58. The molecule has 0 aliphatic heterocycles. The second kappa shape index (κ2) is 4.88. The van der Waals surface area contributed by atoms with E-state index < -0.39 is 23.3 Å². The van der Waals surface area contributed by atoms with Crippen LogP contribution in [0.5, 0.6) is 0 Å². The number of carboxylic acids is 1. The summed E-state index contributed by atoms with van der Waals surface area (Å²) >= 11 is 0. The summed E-state index contributed by atoms with van der Waals surface area (Å²) in [6, 6.07) is 0. The van der Waals surface area contributed by atoms with Crippen molar-refractivity contribution < 1.29 is 19.8 Å². The molecule has 0 saturated heterocycles. The Hall–Kier alpha value is -1.10. The smallest absolute Gasteiger partial charge is 0.307 e. The van der Waals surface area contributed by atoms with Crippen LogP contribution in [0.1, 0.15) is 39.0 Å². The molecule has 2 aliphatic carbocycles. The average Bonchev–Trinajstić information content (AvgIpc) is 2.66. The number of carbonyl (C=O) groups excluding carboxylic acids is 1. The molecule has 0 heterocycles. The van der Waals surface area contributed by atoms with E-state index in [9.17, 15) is 14.7 Å². The third-order valence-electron chi connectivity index (χ3n) is 4.45. The molecule has 0 aromatic heterocycles. The van der Waals surface area contributed by atoms with Crippen molar-refractivity contribution in [2.24, 2.45) is 17.8 Å². The third-order valence-corrected chi connectivity index (χ3v) is 4.45. The number of nitrogens with one attached hydrogen (secondary N) is 1. The predicted molar refractivity (Wildman–Crippen MR) is 64.8 cm³/mol. The Morgan fingerprint density at radius 2 is 1.89 bits per heavy atom. The summed E-state index contributed by atoms with van der Waals surface area (Å²) in [4.78, 5) is 23.3. The van der Waals surface area contributed by atoms with E-state index in [0.29, 0.717) is 12.8 Å². The molecule has 102 valence electrons. The Morgan fingerprint density at radius 1 is 1.28 bits per heavy atom. The summed E-state index contributed by atoms with van der Waals surface area (Å²) in [5.74, 6) is -1.82. The Bertz CT molecular complexity index is 345. The second-order valence-corrected chi connectivity index (χ2v) is 5.91. The molecule has 5 heteroatoms. The van der Waals surface area contributed by atoms with Gasteiger partial charge in [0.25, 0.3) is 0 Å². The summed E-state index contributed by atoms with van der Waals surface area (Å²) in [6.45, 7) is 1.92. The fraction of sp³-hybridized carbons (Fsp3) is 0.846. The summed E-state index contributed by atoms with van der Waals surface area (Å²) in [5, 5.41) is 21.3. The first kappa shape index (κ1) is 13.3. The fourth-order valence-electron chi connectivity index (χ4n) is 3.13. The normalized spacial score (nSPS) is 33.8. The molecule has 3 unspecified atom stereocenters. The van der Waals surface area contributed by atoms with Crippen molar-refractivity contribution in [1.82, 2.24) is 5.32 Å². The SMILES string of the molecule is CC1CC(C(=O)O)C(C(=O)NC2(CO)CCC2)C1. The van der Waals surface area contributed by atoms with Crippen molar-refractivity contribution in [2.75, 3.05) is 6.61 Å². The van der Waals surface area contributed by atoms with Gasteiger partial charge in [0, 0.05) is 0 Å². The first-order chi connectivity index (χ1) is 8.47. The lowest BCUT2D eigenvalue weighted by molar-refractivity contribution is -0.147. The van der Waals surface area contributed by atoms with Gasteiger partial charge >= 0.3 is 5.97 Å². The molecule has 2 saturated carbocycles. The summed E-state index contributed by atoms with van der Waals surface area (Å²) in [5.41, 5.74) is -0.480. The van der Waals surface area contributed by atoms with E-state index in [1.807, 2.05) is 6.92 Å². The van der Waals surface area contributed by atoms with Crippen LogP contribution >= 0.6 is 0 Å². The lowest BCUT2D eigenvalue weighted by atomic mass is 9.77. The Kier molecular flexibility index (Phi) is 3.61. The number of amides is 1. The molecule has 2 rings (SSSR count). The van der Waals surface area contributed by atoms with Gasteiger partial charge in [0.05, 0.1) is 24.0 Å². The van der Waals surface area contributed by atoms with Crippen LogP contribution in [0.3, 0.4) is 0 Å². The number of hydrogen-bond donors (Lipinski definition) is 3. The largest absolute Gasteiger partial charge is 0.481 e. The number of aliphatic carboxylic acids is 1. The van der Waals surface area contributed by atoms with Gasteiger partial charge in [-0.2, -0.15) is 0 Å². The third kappa shape index (κ3) is 2.36. The molecule has 18 heavy (non-hydrogen) atoms. The standard InChI is InChI=1S/C13H21NO4/c1-8-5-9(10(6-8)12(17)18)11(16)14-13(7-15)3-2-4-13/h8-10,15H,2-7H2,1H3,(H,14,16)(H,17,18). The van der Waals surface area contributed by atoms with Crippen molar-refractivity contribution in [3.63, 3.8) is 0 Å². The van der Waals surface area contributed by atoms with Gasteiger partial charge < -0.3 is 15.5 Å². The van der Waals surface area contributed by atoms with E-state index >= 15 is 0 Å². The monoisotopic (exact) mass is 255 g/mol. The molecule has 2 aliphatic rings. The van der Waals surface area contributed by atoms with Crippen LogP contribution in [-0.2, 0) is 9.59 Å². The van der Waals surface area contributed by atoms with Crippen molar-refractivity contribution in [1.29, 1.82) is 0 Å². The quantitative estimate of drug-likeness (QED) is 0.692. The Morgan fingerprint density at radius 3 is 2.33 bits per heavy atom. The van der Waals surface area contributed by atoms with Crippen molar-refractivity contribution in [2.45, 2.75) is 44.6 Å². The Balaban J connectivity index is 2.01. The number of hydrogen-bond acceptors (Lipinski definition) is 3. The lowest BCUT2D eigenvalue weighted by Gasteiger charge is -2.41. The summed E-state index contributed by atoms with van der Waals surface area (Å²) < 4.78 is 0. The van der Waals surface area contributed by atoms with Crippen molar-refractivity contribution in [3.05, 3.63) is 0 Å². The van der Waals surface area contributed by atoms with Crippen molar-refractivity contribution >= 4 is 11.9 Å². The molecule has 0 radical (unpaired) electrons. The van der Waals surface area contributed by atoms with E-state index in [1.165, 1.54) is 0 Å². The summed E-state index contributed by atoms with van der Waals surface area (Å²) in [7, 11) is 0. The topological polar surface area (TPSA) is 86.6 Å². The highest BCUT2D eigenvalue weighted by atomic mass is 16.4. The molecule has 1 amide bonds. The van der Waals surface area contributed by atoms with E-state index in [-0.39, 0.29) is 18.4 Å². The van der Waals surface area contributed by atoms with E-state index in [2.05, 4.69) is 5.32 Å². The van der Waals surface area contributed by atoms with Crippen LogP contribution in [0.2, 0.25) is 0 Å². The first-order valence-electron chi connectivity index (χ1n) is 6.63. The van der Waals surface area contributed by atoms with Crippen LogP contribution in [0.15, 0.2) is 0 Å². The highest BCUT2D eigenvalue weighted by Gasteiger charge is 2.45. The van der Waals surface area contributed by atoms with Crippen LogP contribution in [0, 0.1) is 17.8 Å². The molecular formula is C13H21NO4. The van der Waals surface area contributed by atoms with Gasteiger partial charge in [-0.25, -0.2) is 0 Å². The highest BCUT2D eigenvalue weighted by molar-refractivity contribution is 5.85. The number of aliphatic hydroxyl groups is 1. The predicted octanol–water partition coefficient (Wildman–Crippen LogP) is 0.764. The zero-order chi connectivity index (χ0) is 13.3. The van der Waals surface area contributed by atoms with Gasteiger partial charge in [-0.15, -0.1) is 0 Å². The van der Waals surface area contributed by atoms with Gasteiger partial charge in [0.15, 0.2) is 0 Å². The van der Waals surface area contributed by atoms with Crippen molar-refractivity contribution in [3.8, 4) is 0 Å². The number of aliphatic hydroxyl groups excluding tert-OH is 1. The highest BCUT2D eigenvalue weighted by Crippen LogP contribution is 2.38. The molecule has 2 fully saturated rings. The molecular weight excluding hydrogens is 234 g/mol. The zero-order valence-electron chi connectivity index (χ0n) is 10.7. The minimum absolute atomic E-state index is 0.0568. The van der Waals surface area contributed by atoms with Gasteiger partial charge in [-0.05, 0) is 38.0 Å². The van der Waals surface area contributed by atoms with Gasteiger partial charge in [0.2, 0.25) is 5.91 Å². The van der Waals surface area contributed by atoms with Crippen LogP contribution in [-0.4, -0.2) is 34.2 Å². The van der Waals surface area contributed by atoms with E-state index in [4.69, 9.17) is 5.11 Å². The molecule has 0 bridgehead atoms. The minimum Gasteiger partial charge on any atom is -0.481 e.